The molecule has 2 rings (SSSR count). The topological polar surface area (TPSA) is 82.5 Å². The molecule has 0 aromatic carbocycles. The third kappa shape index (κ3) is 3.21. The van der Waals surface area contributed by atoms with Crippen molar-refractivity contribution in [1.82, 2.24) is 9.88 Å². The molecule has 1 saturated heterocycles. The Hall–Kier alpha value is -2.11. The van der Waals surface area contributed by atoms with Crippen molar-refractivity contribution in [2.24, 2.45) is 5.92 Å². The lowest BCUT2D eigenvalue weighted by molar-refractivity contribution is -0.139. The zero-order valence-electron chi connectivity index (χ0n) is 11.0. The number of aliphatic carboxylic acids is 1. The number of rotatable bonds is 3. The van der Waals surface area contributed by atoms with Gasteiger partial charge in [-0.05, 0) is 26.0 Å². The lowest BCUT2D eigenvalue weighted by atomic mass is 9.97. The highest BCUT2D eigenvalue weighted by atomic mass is 16.4. The normalized spacial score (nSPS) is 14.9. The highest BCUT2D eigenvalue weighted by Gasteiger charge is 2.32. The van der Waals surface area contributed by atoms with E-state index >= 15 is 0 Å². The molecule has 1 aromatic heterocycles. The van der Waals surface area contributed by atoms with Gasteiger partial charge in [-0.1, -0.05) is 0 Å². The monoisotopic (exact) mass is 263 g/mol. The molecule has 0 saturated carbocycles. The quantitative estimate of drug-likeness (QED) is 0.868. The first-order chi connectivity index (χ1) is 8.95. The number of carboxylic acid groups (broad SMARTS) is 1. The first-order valence-electron chi connectivity index (χ1n) is 6.17. The van der Waals surface area contributed by atoms with Gasteiger partial charge in [0.05, 0.1) is 17.8 Å². The van der Waals surface area contributed by atoms with E-state index in [1.807, 2.05) is 26.0 Å². The Morgan fingerprint density at radius 1 is 1.42 bits per heavy atom. The zero-order valence-corrected chi connectivity index (χ0v) is 11.0. The summed E-state index contributed by atoms with van der Waals surface area (Å²) in [5.41, 5.74) is 2.37. The molecular formula is C13H17N3O3. The average molecular weight is 263 g/mol. The Morgan fingerprint density at radius 2 is 2.11 bits per heavy atom. The van der Waals surface area contributed by atoms with Crippen LogP contribution in [-0.4, -0.2) is 40.1 Å². The predicted molar refractivity (Wildman–Crippen MR) is 70.0 cm³/mol. The molecule has 1 aliphatic heterocycles. The van der Waals surface area contributed by atoms with Crippen LogP contribution >= 0.6 is 0 Å². The summed E-state index contributed by atoms with van der Waals surface area (Å²) < 4.78 is 0. The van der Waals surface area contributed by atoms with E-state index in [0.717, 1.165) is 11.4 Å². The molecule has 0 atom stereocenters. The number of hydrogen-bond acceptors (Lipinski definition) is 3. The van der Waals surface area contributed by atoms with Crippen molar-refractivity contribution in [1.29, 1.82) is 0 Å². The zero-order chi connectivity index (χ0) is 14.0. The van der Waals surface area contributed by atoms with Crippen molar-refractivity contribution in [3.63, 3.8) is 0 Å². The molecule has 1 aliphatic rings. The van der Waals surface area contributed by atoms with E-state index in [4.69, 9.17) is 5.11 Å². The number of likely N-dealkylation sites (tertiary alicyclic amines) is 1. The molecule has 0 bridgehead atoms. The van der Waals surface area contributed by atoms with Gasteiger partial charge in [-0.25, -0.2) is 4.79 Å². The molecule has 102 valence electrons. The third-order valence-electron chi connectivity index (χ3n) is 3.17. The summed E-state index contributed by atoms with van der Waals surface area (Å²) in [6.07, 6.45) is 0.120. The third-order valence-corrected chi connectivity index (χ3v) is 3.17. The fourth-order valence-corrected chi connectivity index (χ4v) is 2.12. The summed E-state index contributed by atoms with van der Waals surface area (Å²) in [7, 11) is 0. The van der Waals surface area contributed by atoms with Crippen LogP contribution in [0.25, 0.3) is 0 Å². The Kier molecular flexibility index (Phi) is 3.69. The van der Waals surface area contributed by atoms with Crippen molar-refractivity contribution in [3.8, 4) is 0 Å². The number of pyridine rings is 1. The van der Waals surface area contributed by atoms with Crippen molar-refractivity contribution in [3.05, 3.63) is 23.5 Å². The summed E-state index contributed by atoms with van der Waals surface area (Å²) in [6, 6.07) is 3.46. The number of carbonyl (C=O) groups excluding carboxylic acids is 1. The second-order valence-electron chi connectivity index (χ2n) is 4.88. The number of anilines is 1. The van der Waals surface area contributed by atoms with Gasteiger partial charge in [0.2, 0.25) is 0 Å². The van der Waals surface area contributed by atoms with Crippen LogP contribution in [0.2, 0.25) is 0 Å². The number of carbonyl (C=O) groups is 2. The standard InChI is InChI=1S/C13H17N3O3/c1-8-3-4-11(9(2)14-8)15-13(19)16-6-10(7-16)5-12(17)18/h3-4,10H,5-7H2,1-2H3,(H,15,19)(H,17,18). The Bertz CT molecular complexity index is 510. The Balaban J connectivity index is 1.87. The van der Waals surface area contributed by atoms with E-state index < -0.39 is 5.97 Å². The van der Waals surface area contributed by atoms with E-state index in [1.54, 1.807) is 4.90 Å². The number of nitrogens with zero attached hydrogens (tertiary/aromatic N) is 2. The summed E-state index contributed by atoms with van der Waals surface area (Å²) >= 11 is 0. The van der Waals surface area contributed by atoms with Crippen LogP contribution in [0.4, 0.5) is 10.5 Å². The van der Waals surface area contributed by atoms with Crippen LogP contribution in [0.15, 0.2) is 12.1 Å². The Labute approximate surface area is 111 Å². The van der Waals surface area contributed by atoms with E-state index in [1.165, 1.54) is 0 Å². The van der Waals surface area contributed by atoms with Crippen molar-refractivity contribution < 1.29 is 14.7 Å². The van der Waals surface area contributed by atoms with Gasteiger partial charge < -0.3 is 15.3 Å². The van der Waals surface area contributed by atoms with Crippen LogP contribution < -0.4 is 5.32 Å². The largest absolute Gasteiger partial charge is 0.481 e. The molecule has 0 aliphatic carbocycles. The average Bonchev–Trinajstić information content (AvgIpc) is 2.26. The molecule has 2 heterocycles. The maximum atomic E-state index is 11.9. The first-order valence-corrected chi connectivity index (χ1v) is 6.17. The van der Waals surface area contributed by atoms with Gasteiger partial charge in [0, 0.05) is 24.7 Å². The van der Waals surface area contributed by atoms with Crippen molar-refractivity contribution in [2.75, 3.05) is 18.4 Å². The van der Waals surface area contributed by atoms with Gasteiger partial charge in [0.25, 0.3) is 0 Å². The number of carboxylic acids is 1. The second-order valence-corrected chi connectivity index (χ2v) is 4.88. The SMILES string of the molecule is Cc1ccc(NC(=O)N2CC(CC(=O)O)C2)c(C)n1. The summed E-state index contributed by atoms with van der Waals surface area (Å²) in [5, 5.41) is 11.4. The summed E-state index contributed by atoms with van der Waals surface area (Å²) in [4.78, 5) is 28.3. The fraction of sp³-hybridized carbons (Fsp3) is 0.462. The first kappa shape index (κ1) is 13.3. The van der Waals surface area contributed by atoms with Crippen LogP contribution in [0.5, 0.6) is 0 Å². The molecule has 0 spiro atoms. The van der Waals surface area contributed by atoms with Gasteiger partial charge in [-0.3, -0.25) is 9.78 Å². The van der Waals surface area contributed by atoms with Crippen LogP contribution in [0.3, 0.4) is 0 Å². The van der Waals surface area contributed by atoms with E-state index in [-0.39, 0.29) is 18.4 Å². The lowest BCUT2D eigenvalue weighted by Gasteiger charge is -2.38. The minimum atomic E-state index is -0.816. The maximum Gasteiger partial charge on any atom is 0.321 e. The van der Waals surface area contributed by atoms with Crippen LogP contribution in [0, 0.1) is 19.8 Å². The predicted octanol–water partition coefficient (Wildman–Crippen LogP) is 1.64. The van der Waals surface area contributed by atoms with E-state index in [0.29, 0.717) is 18.8 Å². The number of aromatic nitrogens is 1. The minimum absolute atomic E-state index is 0.0699. The van der Waals surface area contributed by atoms with Gasteiger partial charge in [-0.15, -0.1) is 0 Å². The minimum Gasteiger partial charge on any atom is -0.481 e. The van der Waals surface area contributed by atoms with E-state index in [9.17, 15) is 9.59 Å². The molecular weight excluding hydrogens is 246 g/mol. The van der Waals surface area contributed by atoms with E-state index in [2.05, 4.69) is 10.3 Å². The fourth-order valence-electron chi connectivity index (χ4n) is 2.12. The molecule has 2 amide bonds. The molecule has 0 radical (unpaired) electrons. The summed E-state index contributed by atoms with van der Waals surface area (Å²) in [5.74, 6) is -0.746. The van der Waals surface area contributed by atoms with Crippen molar-refractivity contribution in [2.45, 2.75) is 20.3 Å². The Morgan fingerprint density at radius 3 is 2.68 bits per heavy atom. The highest BCUT2D eigenvalue weighted by Crippen LogP contribution is 2.21. The van der Waals surface area contributed by atoms with Crippen LogP contribution in [0.1, 0.15) is 17.8 Å². The summed E-state index contributed by atoms with van der Waals surface area (Å²) in [6.45, 7) is 4.73. The molecule has 0 unspecified atom stereocenters. The molecule has 6 nitrogen and oxygen atoms in total. The molecule has 1 fully saturated rings. The van der Waals surface area contributed by atoms with Crippen LogP contribution in [-0.2, 0) is 4.79 Å². The lowest BCUT2D eigenvalue weighted by Crippen LogP contribution is -2.52. The highest BCUT2D eigenvalue weighted by molar-refractivity contribution is 5.90. The maximum absolute atomic E-state index is 11.9. The molecule has 6 heteroatoms. The van der Waals surface area contributed by atoms with Gasteiger partial charge in [0.1, 0.15) is 0 Å². The second kappa shape index (κ2) is 5.26. The van der Waals surface area contributed by atoms with Gasteiger partial charge in [0.15, 0.2) is 0 Å². The smallest absolute Gasteiger partial charge is 0.321 e. The molecule has 19 heavy (non-hydrogen) atoms. The van der Waals surface area contributed by atoms with Crippen molar-refractivity contribution >= 4 is 17.7 Å². The number of aryl methyl sites for hydroxylation is 2. The number of urea groups is 1. The number of hydrogen-bond donors (Lipinski definition) is 2. The molecule has 2 N–H and O–H groups in total. The number of nitrogens with one attached hydrogen (secondary N) is 1. The molecule has 1 aromatic rings. The number of amides is 2. The van der Waals surface area contributed by atoms with Gasteiger partial charge >= 0.3 is 12.0 Å². The van der Waals surface area contributed by atoms with Gasteiger partial charge in [-0.2, -0.15) is 0 Å².